The van der Waals surface area contributed by atoms with Crippen LogP contribution in [-0.4, -0.2) is 38.4 Å². The lowest BCUT2D eigenvalue weighted by atomic mass is 10.1. The molecule has 1 fully saturated rings. The van der Waals surface area contributed by atoms with Gasteiger partial charge in [0, 0.05) is 31.5 Å². The Bertz CT molecular complexity index is 772. The number of nitrogens with one attached hydrogen (secondary N) is 2. The monoisotopic (exact) mass is 511 g/mol. The van der Waals surface area contributed by atoms with Crippen molar-refractivity contribution in [3.8, 4) is 5.75 Å². The molecule has 0 aliphatic carbocycles. The van der Waals surface area contributed by atoms with Gasteiger partial charge in [0.15, 0.2) is 5.96 Å². The van der Waals surface area contributed by atoms with Gasteiger partial charge in [-0.05, 0) is 30.7 Å². The highest BCUT2D eigenvalue weighted by atomic mass is 127. The van der Waals surface area contributed by atoms with E-state index in [1.54, 1.807) is 6.26 Å². The summed E-state index contributed by atoms with van der Waals surface area (Å²) in [6, 6.07) is 10.1. The molecule has 158 valence electrons. The molecule has 2 aromatic rings. The average Bonchev–Trinajstić information content (AvgIpc) is 3.39. The van der Waals surface area contributed by atoms with E-state index in [0.29, 0.717) is 19.7 Å². The second-order valence-electron chi connectivity index (χ2n) is 6.81. The van der Waals surface area contributed by atoms with Crippen molar-refractivity contribution in [1.29, 1.82) is 0 Å². The summed E-state index contributed by atoms with van der Waals surface area (Å²) in [5, 5.41) is 6.59. The number of hydrogen-bond donors (Lipinski definition) is 2. The van der Waals surface area contributed by atoms with Crippen molar-refractivity contribution in [2.24, 2.45) is 4.99 Å². The summed E-state index contributed by atoms with van der Waals surface area (Å²) in [4.78, 5) is 4.72. The number of guanidine groups is 1. The Balaban J connectivity index is 0.00000300. The van der Waals surface area contributed by atoms with Crippen LogP contribution in [0.3, 0.4) is 0 Å². The minimum absolute atomic E-state index is 0. The molecule has 0 radical (unpaired) electrons. The predicted octanol–water partition coefficient (Wildman–Crippen LogP) is 3.84. The number of furan rings is 1. The zero-order chi connectivity index (χ0) is 19.6. The first-order valence-electron chi connectivity index (χ1n) is 9.74. The molecule has 1 atom stereocenters. The molecule has 1 aromatic carbocycles. The standard InChI is InChI=1S/C22H29N3O3.HI/c1-3-10-23-22(24-11-8-19-5-4-12-27-19)25-15-18-7-6-17(2)14-21(18)28-20-9-13-26-16-20;/h3-7,12,14,20H,1,8-11,13,15-16H2,2H3,(H2,23,24,25);1H. The Morgan fingerprint density at radius 1 is 1.34 bits per heavy atom. The highest BCUT2D eigenvalue weighted by molar-refractivity contribution is 14.0. The molecule has 29 heavy (non-hydrogen) atoms. The minimum atomic E-state index is 0. The van der Waals surface area contributed by atoms with Crippen molar-refractivity contribution in [2.45, 2.75) is 32.4 Å². The maximum Gasteiger partial charge on any atom is 0.191 e. The van der Waals surface area contributed by atoms with Crippen molar-refractivity contribution < 1.29 is 13.9 Å². The Labute approximate surface area is 189 Å². The lowest BCUT2D eigenvalue weighted by molar-refractivity contribution is 0.140. The van der Waals surface area contributed by atoms with Gasteiger partial charge in [-0.2, -0.15) is 0 Å². The van der Waals surface area contributed by atoms with Crippen LogP contribution in [0.1, 0.15) is 23.3 Å². The van der Waals surface area contributed by atoms with E-state index in [9.17, 15) is 0 Å². The molecule has 0 bridgehead atoms. The molecule has 1 aliphatic heterocycles. The van der Waals surface area contributed by atoms with Gasteiger partial charge in [0.25, 0.3) is 0 Å². The molecule has 3 rings (SSSR count). The van der Waals surface area contributed by atoms with Gasteiger partial charge < -0.3 is 24.5 Å². The van der Waals surface area contributed by atoms with Gasteiger partial charge in [-0.3, -0.25) is 0 Å². The van der Waals surface area contributed by atoms with E-state index in [1.165, 1.54) is 5.56 Å². The summed E-state index contributed by atoms with van der Waals surface area (Å²) in [5.41, 5.74) is 2.23. The summed E-state index contributed by atoms with van der Waals surface area (Å²) in [7, 11) is 0. The third-order valence-corrected chi connectivity index (χ3v) is 4.47. The van der Waals surface area contributed by atoms with Gasteiger partial charge in [0.2, 0.25) is 0 Å². The summed E-state index contributed by atoms with van der Waals surface area (Å²) < 4.78 is 17.0. The van der Waals surface area contributed by atoms with Crippen LogP contribution in [0, 0.1) is 6.92 Å². The van der Waals surface area contributed by atoms with E-state index in [0.717, 1.165) is 49.0 Å². The first-order chi connectivity index (χ1) is 13.7. The quantitative estimate of drug-likeness (QED) is 0.232. The van der Waals surface area contributed by atoms with E-state index >= 15 is 0 Å². The normalized spacial score (nSPS) is 16.2. The molecule has 2 heterocycles. The maximum atomic E-state index is 6.17. The smallest absolute Gasteiger partial charge is 0.191 e. The van der Waals surface area contributed by atoms with Crippen molar-refractivity contribution in [3.05, 3.63) is 66.1 Å². The molecule has 7 heteroatoms. The topological polar surface area (TPSA) is 68.0 Å². The number of benzene rings is 1. The minimum Gasteiger partial charge on any atom is -0.488 e. The molecule has 1 saturated heterocycles. The van der Waals surface area contributed by atoms with Crippen LogP contribution in [0.15, 0.2) is 58.7 Å². The highest BCUT2D eigenvalue weighted by Gasteiger charge is 2.18. The molecule has 1 aromatic heterocycles. The Hall–Kier alpha value is -2.00. The molecule has 0 amide bonds. The average molecular weight is 511 g/mol. The van der Waals surface area contributed by atoms with Crippen LogP contribution >= 0.6 is 24.0 Å². The predicted molar refractivity (Wildman–Crippen MR) is 126 cm³/mol. The number of aliphatic imine (C=N–C) groups is 1. The van der Waals surface area contributed by atoms with E-state index < -0.39 is 0 Å². The van der Waals surface area contributed by atoms with Crippen LogP contribution in [-0.2, 0) is 17.7 Å². The second kappa shape index (κ2) is 12.5. The summed E-state index contributed by atoms with van der Waals surface area (Å²) in [6.45, 7) is 9.14. The van der Waals surface area contributed by atoms with E-state index in [1.807, 2.05) is 18.2 Å². The van der Waals surface area contributed by atoms with Crippen molar-refractivity contribution in [1.82, 2.24) is 10.6 Å². The number of ether oxygens (including phenoxy) is 2. The summed E-state index contributed by atoms with van der Waals surface area (Å²) in [5.74, 6) is 2.57. The van der Waals surface area contributed by atoms with Crippen LogP contribution in [0.2, 0.25) is 0 Å². The second-order valence-corrected chi connectivity index (χ2v) is 6.81. The molecule has 0 spiro atoms. The maximum absolute atomic E-state index is 6.17. The number of halogens is 1. The number of rotatable bonds is 9. The Morgan fingerprint density at radius 3 is 2.97 bits per heavy atom. The SMILES string of the molecule is C=CCNC(=NCc1ccc(C)cc1OC1CCOC1)NCCc1ccco1.I. The van der Waals surface area contributed by atoms with Crippen molar-refractivity contribution in [2.75, 3.05) is 26.3 Å². The van der Waals surface area contributed by atoms with Gasteiger partial charge in [-0.25, -0.2) is 4.99 Å². The fraction of sp³-hybridized carbons (Fsp3) is 0.409. The van der Waals surface area contributed by atoms with Crippen LogP contribution in [0.25, 0.3) is 0 Å². The molecular weight excluding hydrogens is 481 g/mol. The lowest BCUT2D eigenvalue weighted by Crippen LogP contribution is -2.38. The summed E-state index contributed by atoms with van der Waals surface area (Å²) >= 11 is 0. The number of hydrogen-bond acceptors (Lipinski definition) is 4. The third kappa shape index (κ3) is 7.74. The van der Waals surface area contributed by atoms with Crippen LogP contribution in [0.5, 0.6) is 5.75 Å². The first-order valence-corrected chi connectivity index (χ1v) is 9.74. The van der Waals surface area contributed by atoms with Gasteiger partial charge in [0.1, 0.15) is 17.6 Å². The Kier molecular flexibility index (Phi) is 10.1. The molecule has 1 unspecified atom stereocenters. The highest BCUT2D eigenvalue weighted by Crippen LogP contribution is 2.24. The molecule has 6 nitrogen and oxygen atoms in total. The van der Waals surface area contributed by atoms with Gasteiger partial charge in [-0.15, -0.1) is 30.6 Å². The number of aryl methyl sites for hydroxylation is 1. The number of nitrogens with zero attached hydrogens (tertiary/aromatic N) is 1. The van der Waals surface area contributed by atoms with Gasteiger partial charge in [-0.1, -0.05) is 18.2 Å². The lowest BCUT2D eigenvalue weighted by Gasteiger charge is -2.16. The third-order valence-electron chi connectivity index (χ3n) is 4.47. The van der Waals surface area contributed by atoms with Crippen molar-refractivity contribution in [3.63, 3.8) is 0 Å². The fourth-order valence-corrected chi connectivity index (χ4v) is 2.95. The zero-order valence-corrected chi connectivity index (χ0v) is 19.2. The molecule has 1 aliphatic rings. The molecule has 0 saturated carbocycles. The first kappa shape index (κ1) is 23.3. The van der Waals surface area contributed by atoms with E-state index in [2.05, 4.69) is 42.3 Å². The molecule has 2 N–H and O–H groups in total. The van der Waals surface area contributed by atoms with E-state index in [-0.39, 0.29) is 30.1 Å². The molecular formula is C22H30IN3O3. The largest absolute Gasteiger partial charge is 0.488 e. The zero-order valence-electron chi connectivity index (χ0n) is 16.9. The Morgan fingerprint density at radius 2 is 2.24 bits per heavy atom. The van der Waals surface area contributed by atoms with Gasteiger partial charge >= 0.3 is 0 Å². The van der Waals surface area contributed by atoms with Crippen LogP contribution < -0.4 is 15.4 Å². The van der Waals surface area contributed by atoms with Gasteiger partial charge in [0.05, 0.1) is 26.0 Å². The van der Waals surface area contributed by atoms with E-state index in [4.69, 9.17) is 18.9 Å². The fourth-order valence-electron chi connectivity index (χ4n) is 2.95. The van der Waals surface area contributed by atoms with Crippen molar-refractivity contribution >= 4 is 29.9 Å². The summed E-state index contributed by atoms with van der Waals surface area (Å²) in [6.07, 6.45) is 5.34. The van der Waals surface area contributed by atoms with Crippen LogP contribution in [0.4, 0.5) is 0 Å².